The molecule has 0 amide bonds. The van der Waals surface area contributed by atoms with Crippen LogP contribution in [0, 0.1) is 0 Å². The Balaban J connectivity index is 2.07. The third kappa shape index (κ3) is 1.75. The molecule has 2 aromatic heterocycles. The normalized spacial score (nSPS) is 15.5. The molecule has 0 aliphatic heterocycles. The second-order valence-electron chi connectivity index (χ2n) is 3.72. The minimum atomic E-state index is 0.503. The summed E-state index contributed by atoms with van der Waals surface area (Å²) in [5.74, 6) is 1.37. The van der Waals surface area contributed by atoms with Crippen LogP contribution in [0.3, 0.4) is 0 Å². The van der Waals surface area contributed by atoms with Gasteiger partial charge in [0.25, 0.3) is 0 Å². The van der Waals surface area contributed by atoms with E-state index in [0.717, 1.165) is 17.1 Å². The first-order chi connectivity index (χ1) is 7.33. The van der Waals surface area contributed by atoms with Gasteiger partial charge >= 0.3 is 0 Å². The van der Waals surface area contributed by atoms with Crippen LogP contribution in [0.25, 0.3) is 11.3 Å². The number of rotatable bonds is 2. The van der Waals surface area contributed by atoms with Gasteiger partial charge in [0.15, 0.2) is 0 Å². The first-order valence-corrected chi connectivity index (χ1v) is 5.28. The van der Waals surface area contributed by atoms with E-state index in [9.17, 15) is 0 Å². The molecule has 0 radical (unpaired) electrons. The molecule has 1 fully saturated rings. The predicted molar refractivity (Wildman–Crippen MR) is 56.7 cm³/mol. The molecule has 4 heteroatoms. The predicted octanol–water partition coefficient (Wildman–Crippen LogP) is 3.27. The molecule has 2 aromatic rings. The van der Waals surface area contributed by atoms with Crippen molar-refractivity contribution in [1.29, 1.82) is 0 Å². The lowest BCUT2D eigenvalue weighted by Crippen LogP contribution is -1.94. The number of halogens is 1. The van der Waals surface area contributed by atoms with E-state index in [4.69, 9.17) is 16.0 Å². The third-order valence-electron chi connectivity index (χ3n) is 2.47. The molecule has 0 saturated heterocycles. The van der Waals surface area contributed by atoms with Gasteiger partial charge in [0, 0.05) is 17.5 Å². The van der Waals surface area contributed by atoms with Crippen LogP contribution in [0.4, 0.5) is 0 Å². The van der Waals surface area contributed by atoms with Crippen molar-refractivity contribution in [3.63, 3.8) is 0 Å². The molecule has 3 rings (SSSR count). The van der Waals surface area contributed by atoms with Gasteiger partial charge in [-0.2, -0.15) is 0 Å². The molecule has 15 heavy (non-hydrogen) atoms. The zero-order valence-corrected chi connectivity index (χ0v) is 8.74. The molecule has 1 saturated carbocycles. The average molecular weight is 221 g/mol. The molecule has 0 bridgehead atoms. The maximum atomic E-state index is 5.96. The maximum absolute atomic E-state index is 5.96. The Morgan fingerprint density at radius 1 is 1.33 bits per heavy atom. The minimum absolute atomic E-state index is 0.503. The molecule has 1 aliphatic carbocycles. The van der Waals surface area contributed by atoms with Crippen LogP contribution in [-0.4, -0.2) is 9.97 Å². The number of hydrogen-bond acceptors (Lipinski definition) is 3. The van der Waals surface area contributed by atoms with Crippen molar-refractivity contribution in [1.82, 2.24) is 9.97 Å². The van der Waals surface area contributed by atoms with Crippen LogP contribution in [0.1, 0.15) is 24.6 Å². The lowest BCUT2D eigenvalue weighted by atomic mass is 10.2. The highest BCUT2D eigenvalue weighted by atomic mass is 35.5. The summed E-state index contributed by atoms with van der Waals surface area (Å²) >= 11 is 5.96. The summed E-state index contributed by atoms with van der Waals surface area (Å²) in [6.45, 7) is 0. The van der Waals surface area contributed by atoms with Crippen LogP contribution in [0.5, 0.6) is 0 Å². The van der Waals surface area contributed by atoms with Gasteiger partial charge in [-0.15, -0.1) is 0 Å². The monoisotopic (exact) mass is 220 g/mol. The van der Waals surface area contributed by atoms with Gasteiger partial charge in [0.2, 0.25) is 0 Å². The summed E-state index contributed by atoms with van der Waals surface area (Å²) in [4.78, 5) is 8.71. The minimum Gasteiger partial charge on any atom is -0.472 e. The van der Waals surface area contributed by atoms with Gasteiger partial charge in [-0.05, 0) is 18.9 Å². The SMILES string of the molecule is Clc1cc(-c2ccoc2)nc(C2CC2)n1. The maximum Gasteiger partial charge on any atom is 0.133 e. The molecule has 0 N–H and O–H groups in total. The van der Waals surface area contributed by atoms with Crippen molar-refractivity contribution >= 4 is 11.6 Å². The van der Waals surface area contributed by atoms with E-state index in [2.05, 4.69) is 9.97 Å². The van der Waals surface area contributed by atoms with E-state index in [0.29, 0.717) is 11.1 Å². The lowest BCUT2D eigenvalue weighted by molar-refractivity contribution is 0.568. The van der Waals surface area contributed by atoms with Crippen LogP contribution in [0.2, 0.25) is 5.15 Å². The molecule has 0 atom stereocenters. The number of aromatic nitrogens is 2. The molecule has 76 valence electrons. The van der Waals surface area contributed by atoms with Crippen molar-refractivity contribution in [3.8, 4) is 11.3 Å². The first-order valence-electron chi connectivity index (χ1n) is 4.90. The van der Waals surface area contributed by atoms with Gasteiger partial charge in [-0.25, -0.2) is 9.97 Å². The van der Waals surface area contributed by atoms with Gasteiger partial charge < -0.3 is 4.42 Å². The number of furan rings is 1. The Labute approximate surface area is 92.1 Å². The van der Waals surface area contributed by atoms with Crippen molar-refractivity contribution in [2.24, 2.45) is 0 Å². The van der Waals surface area contributed by atoms with Gasteiger partial charge in [-0.3, -0.25) is 0 Å². The Kier molecular flexibility index (Phi) is 1.99. The fourth-order valence-electron chi connectivity index (χ4n) is 1.52. The molecule has 2 heterocycles. The highest BCUT2D eigenvalue weighted by Crippen LogP contribution is 2.39. The van der Waals surface area contributed by atoms with Crippen LogP contribution in [0.15, 0.2) is 29.1 Å². The summed E-state index contributed by atoms with van der Waals surface area (Å²) in [6.07, 6.45) is 5.63. The summed E-state index contributed by atoms with van der Waals surface area (Å²) < 4.78 is 5.02. The zero-order valence-electron chi connectivity index (χ0n) is 7.98. The summed E-state index contributed by atoms with van der Waals surface area (Å²) in [7, 11) is 0. The summed E-state index contributed by atoms with van der Waals surface area (Å²) in [6, 6.07) is 3.63. The Hall–Kier alpha value is -1.35. The Morgan fingerprint density at radius 2 is 2.20 bits per heavy atom. The van der Waals surface area contributed by atoms with Crippen LogP contribution in [-0.2, 0) is 0 Å². The largest absolute Gasteiger partial charge is 0.472 e. The van der Waals surface area contributed by atoms with Gasteiger partial charge in [0.05, 0.1) is 18.2 Å². The first kappa shape index (κ1) is 8.92. The lowest BCUT2D eigenvalue weighted by Gasteiger charge is -2.01. The fraction of sp³-hybridized carbons (Fsp3) is 0.273. The van der Waals surface area contributed by atoms with Gasteiger partial charge in [-0.1, -0.05) is 11.6 Å². The van der Waals surface area contributed by atoms with Gasteiger partial charge in [0.1, 0.15) is 11.0 Å². The fourth-order valence-corrected chi connectivity index (χ4v) is 1.71. The van der Waals surface area contributed by atoms with E-state index < -0.39 is 0 Å². The molecular formula is C11H9ClN2O. The topological polar surface area (TPSA) is 38.9 Å². The van der Waals surface area contributed by atoms with E-state index in [1.54, 1.807) is 18.6 Å². The van der Waals surface area contributed by atoms with E-state index in [1.165, 1.54) is 12.8 Å². The van der Waals surface area contributed by atoms with Crippen molar-refractivity contribution in [2.45, 2.75) is 18.8 Å². The van der Waals surface area contributed by atoms with Crippen LogP contribution < -0.4 is 0 Å². The number of nitrogens with zero attached hydrogens (tertiary/aromatic N) is 2. The molecule has 1 aliphatic rings. The van der Waals surface area contributed by atoms with E-state index in [1.807, 2.05) is 6.07 Å². The summed E-state index contributed by atoms with van der Waals surface area (Å²) in [5.41, 5.74) is 1.78. The highest BCUT2D eigenvalue weighted by Gasteiger charge is 2.27. The molecule has 0 aromatic carbocycles. The highest BCUT2D eigenvalue weighted by molar-refractivity contribution is 6.29. The second kappa shape index (κ2) is 3.35. The standard InChI is InChI=1S/C11H9ClN2O/c12-10-5-9(8-3-4-15-6-8)13-11(14-10)7-1-2-7/h3-7H,1-2H2. The van der Waals surface area contributed by atoms with Crippen molar-refractivity contribution in [2.75, 3.05) is 0 Å². The summed E-state index contributed by atoms with van der Waals surface area (Å²) in [5, 5.41) is 0.503. The molecule has 0 unspecified atom stereocenters. The van der Waals surface area contributed by atoms with E-state index in [-0.39, 0.29) is 0 Å². The molecule has 3 nitrogen and oxygen atoms in total. The Morgan fingerprint density at radius 3 is 2.87 bits per heavy atom. The quantitative estimate of drug-likeness (QED) is 0.730. The second-order valence-corrected chi connectivity index (χ2v) is 4.11. The molecule has 0 spiro atoms. The zero-order chi connectivity index (χ0) is 10.3. The Bertz CT molecular complexity index is 477. The van der Waals surface area contributed by atoms with E-state index >= 15 is 0 Å². The van der Waals surface area contributed by atoms with Crippen molar-refractivity contribution in [3.05, 3.63) is 35.6 Å². The number of hydrogen-bond donors (Lipinski definition) is 0. The third-order valence-corrected chi connectivity index (χ3v) is 2.67. The smallest absolute Gasteiger partial charge is 0.133 e. The van der Waals surface area contributed by atoms with Crippen LogP contribution >= 0.6 is 11.6 Å². The molecular weight excluding hydrogens is 212 g/mol. The average Bonchev–Trinajstić information content (AvgIpc) is 2.93. The van der Waals surface area contributed by atoms with Crippen molar-refractivity contribution < 1.29 is 4.42 Å².